The lowest BCUT2D eigenvalue weighted by Gasteiger charge is -1.99. The number of aliphatic hydroxyl groups is 1. The number of allylic oxidation sites excluding steroid dienone is 2. The molecular weight excluding hydrogens is 240 g/mol. The van der Waals surface area contributed by atoms with Crippen LogP contribution in [0.1, 0.15) is 77.0 Å². The summed E-state index contributed by atoms with van der Waals surface area (Å²) < 4.78 is 0. The summed E-state index contributed by atoms with van der Waals surface area (Å²) >= 11 is 0. The van der Waals surface area contributed by atoms with Crippen LogP contribution in [0.15, 0.2) is 12.2 Å². The van der Waals surface area contributed by atoms with Crippen LogP contribution in [-0.2, 0) is 4.79 Å². The summed E-state index contributed by atoms with van der Waals surface area (Å²) in [5.41, 5.74) is 0. The number of carboxylic acids is 1. The van der Waals surface area contributed by atoms with Gasteiger partial charge in [0.1, 0.15) is 0 Å². The van der Waals surface area contributed by atoms with Crippen molar-refractivity contribution in [1.29, 1.82) is 0 Å². The zero-order chi connectivity index (χ0) is 14.2. The Balaban J connectivity index is 3.06. The minimum atomic E-state index is -0.692. The highest BCUT2D eigenvalue weighted by Crippen LogP contribution is 2.09. The Morgan fingerprint density at radius 1 is 0.737 bits per heavy atom. The molecule has 0 rings (SSSR count). The van der Waals surface area contributed by atoms with Gasteiger partial charge in [0.2, 0.25) is 0 Å². The Bertz CT molecular complexity index is 224. The fourth-order valence-corrected chi connectivity index (χ4v) is 2.03. The lowest BCUT2D eigenvalue weighted by atomic mass is 10.1. The molecule has 0 radical (unpaired) electrons. The minimum absolute atomic E-state index is 0.296. The van der Waals surface area contributed by atoms with Crippen molar-refractivity contribution in [2.24, 2.45) is 0 Å². The molecule has 3 nitrogen and oxygen atoms in total. The van der Waals surface area contributed by atoms with E-state index in [1.807, 2.05) is 0 Å². The Morgan fingerprint density at radius 3 is 1.74 bits per heavy atom. The summed E-state index contributed by atoms with van der Waals surface area (Å²) in [5, 5.41) is 17.1. The summed E-state index contributed by atoms with van der Waals surface area (Å²) in [6, 6.07) is 0. The molecule has 0 fully saturated rings. The van der Waals surface area contributed by atoms with E-state index in [0.717, 1.165) is 38.5 Å². The molecule has 0 unspecified atom stereocenters. The van der Waals surface area contributed by atoms with Crippen LogP contribution in [0.3, 0.4) is 0 Å². The van der Waals surface area contributed by atoms with Crippen molar-refractivity contribution in [3.63, 3.8) is 0 Å². The number of rotatable bonds is 14. The highest BCUT2D eigenvalue weighted by molar-refractivity contribution is 5.66. The largest absolute Gasteiger partial charge is 0.481 e. The lowest BCUT2D eigenvalue weighted by Crippen LogP contribution is -1.92. The maximum Gasteiger partial charge on any atom is 0.303 e. The Labute approximate surface area is 117 Å². The van der Waals surface area contributed by atoms with E-state index in [1.54, 1.807) is 0 Å². The molecule has 3 heteroatoms. The van der Waals surface area contributed by atoms with E-state index in [2.05, 4.69) is 12.2 Å². The maximum atomic E-state index is 10.3. The van der Waals surface area contributed by atoms with Crippen LogP contribution in [0.25, 0.3) is 0 Å². The number of aliphatic carboxylic acids is 1. The average molecular weight is 270 g/mol. The van der Waals surface area contributed by atoms with Crippen LogP contribution in [-0.4, -0.2) is 22.8 Å². The Kier molecular flexibility index (Phi) is 14.6. The highest BCUT2D eigenvalue weighted by Gasteiger charge is 1.94. The third-order valence-corrected chi connectivity index (χ3v) is 3.21. The van der Waals surface area contributed by atoms with Gasteiger partial charge in [-0.1, -0.05) is 44.3 Å². The first-order valence-electron chi connectivity index (χ1n) is 7.75. The minimum Gasteiger partial charge on any atom is -0.481 e. The summed E-state index contributed by atoms with van der Waals surface area (Å²) in [4.78, 5) is 10.3. The summed E-state index contributed by atoms with van der Waals surface area (Å²) in [6.07, 6.45) is 17.1. The second-order valence-corrected chi connectivity index (χ2v) is 5.10. The van der Waals surface area contributed by atoms with Gasteiger partial charge in [-0.3, -0.25) is 4.79 Å². The average Bonchev–Trinajstić information content (AvgIpc) is 2.39. The molecular formula is C16H30O3. The molecule has 0 aliphatic carbocycles. The predicted molar refractivity (Wildman–Crippen MR) is 79.3 cm³/mol. The molecule has 0 saturated heterocycles. The van der Waals surface area contributed by atoms with Crippen LogP contribution in [0.2, 0.25) is 0 Å². The zero-order valence-electron chi connectivity index (χ0n) is 12.1. The van der Waals surface area contributed by atoms with Crippen molar-refractivity contribution in [3.05, 3.63) is 12.2 Å². The van der Waals surface area contributed by atoms with Crippen molar-refractivity contribution in [2.75, 3.05) is 6.61 Å². The number of aliphatic hydroxyl groups excluding tert-OH is 1. The maximum absolute atomic E-state index is 10.3. The number of unbranched alkanes of at least 4 members (excludes halogenated alkanes) is 9. The number of carboxylic acid groups (broad SMARTS) is 1. The number of hydrogen-bond acceptors (Lipinski definition) is 2. The quantitative estimate of drug-likeness (QED) is 0.365. The number of hydrogen-bond donors (Lipinski definition) is 2. The molecule has 0 spiro atoms. The molecule has 2 N–H and O–H groups in total. The molecule has 0 atom stereocenters. The van der Waals surface area contributed by atoms with E-state index in [1.165, 1.54) is 32.1 Å². The molecule has 112 valence electrons. The molecule has 0 aromatic rings. The monoisotopic (exact) mass is 270 g/mol. The van der Waals surface area contributed by atoms with Gasteiger partial charge in [-0.25, -0.2) is 0 Å². The van der Waals surface area contributed by atoms with Crippen molar-refractivity contribution >= 4 is 5.97 Å². The van der Waals surface area contributed by atoms with Crippen LogP contribution in [0.4, 0.5) is 0 Å². The molecule has 0 aromatic carbocycles. The van der Waals surface area contributed by atoms with Gasteiger partial charge in [-0.15, -0.1) is 0 Å². The van der Waals surface area contributed by atoms with Crippen molar-refractivity contribution in [3.8, 4) is 0 Å². The molecule has 0 aromatic heterocycles. The normalized spacial score (nSPS) is 11.2. The van der Waals surface area contributed by atoms with Crippen LogP contribution in [0, 0.1) is 0 Å². The predicted octanol–water partition coefficient (Wildman–Crippen LogP) is 4.30. The smallest absolute Gasteiger partial charge is 0.303 e. The molecule has 0 amide bonds. The van der Waals surface area contributed by atoms with Crippen LogP contribution in [0.5, 0.6) is 0 Å². The number of carbonyl (C=O) groups is 1. The van der Waals surface area contributed by atoms with E-state index in [4.69, 9.17) is 10.2 Å². The van der Waals surface area contributed by atoms with Gasteiger partial charge >= 0.3 is 5.97 Å². The van der Waals surface area contributed by atoms with E-state index < -0.39 is 5.97 Å². The third-order valence-electron chi connectivity index (χ3n) is 3.21. The van der Waals surface area contributed by atoms with E-state index in [9.17, 15) is 4.79 Å². The highest BCUT2D eigenvalue weighted by atomic mass is 16.4. The van der Waals surface area contributed by atoms with E-state index in [-0.39, 0.29) is 0 Å². The van der Waals surface area contributed by atoms with Crippen molar-refractivity contribution in [2.45, 2.75) is 77.0 Å². The first-order chi connectivity index (χ1) is 9.27. The zero-order valence-corrected chi connectivity index (χ0v) is 12.1. The van der Waals surface area contributed by atoms with Gasteiger partial charge in [0.25, 0.3) is 0 Å². The standard InChI is InChI=1S/C16H30O3/c17-15-13-11-9-7-5-3-1-2-4-6-8-10-12-14-16(18)19/h4,6,17H,1-3,5,7-15H2,(H,18,19). The molecule has 0 heterocycles. The summed E-state index contributed by atoms with van der Waals surface area (Å²) in [7, 11) is 0. The molecule has 0 aliphatic heterocycles. The fraction of sp³-hybridized carbons (Fsp3) is 0.812. The molecule has 19 heavy (non-hydrogen) atoms. The second-order valence-electron chi connectivity index (χ2n) is 5.10. The first-order valence-corrected chi connectivity index (χ1v) is 7.75. The van der Waals surface area contributed by atoms with Gasteiger partial charge in [-0.2, -0.15) is 0 Å². The lowest BCUT2D eigenvalue weighted by molar-refractivity contribution is -0.137. The van der Waals surface area contributed by atoms with E-state index >= 15 is 0 Å². The fourth-order valence-electron chi connectivity index (χ4n) is 2.03. The summed E-state index contributed by atoms with van der Waals surface area (Å²) in [5.74, 6) is -0.692. The molecule has 0 aliphatic rings. The second kappa shape index (κ2) is 15.2. The SMILES string of the molecule is O=C(O)CCCCC=CCCCCCCCCCO. The van der Waals surface area contributed by atoms with Gasteiger partial charge in [0.05, 0.1) is 0 Å². The van der Waals surface area contributed by atoms with Gasteiger partial charge in [0.15, 0.2) is 0 Å². The van der Waals surface area contributed by atoms with Crippen molar-refractivity contribution < 1.29 is 15.0 Å². The van der Waals surface area contributed by atoms with Crippen LogP contribution < -0.4 is 0 Å². The van der Waals surface area contributed by atoms with Gasteiger partial charge in [0, 0.05) is 13.0 Å². The van der Waals surface area contributed by atoms with Gasteiger partial charge in [-0.05, 0) is 38.5 Å². The van der Waals surface area contributed by atoms with E-state index in [0.29, 0.717) is 13.0 Å². The Hall–Kier alpha value is -0.830. The first kappa shape index (κ1) is 18.2. The third kappa shape index (κ3) is 17.2. The van der Waals surface area contributed by atoms with Gasteiger partial charge < -0.3 is 10.2 Å². The topological polar surface area (TPSA) is 57.5 Å². The Morgan fingerprint density at radius 2 is 1.21 bits per heavy atom. The van der Waals surface area contributed by atoms with Crippen molar-refractivity contribution in [1.82, 2.24) is 0 Å². The molecule has 0 saturated carbocycles. The molecule has 0 bridgehead atoms. The van der Waals surface area contributed by atoms with Crippen LogP contribution >= 0.6 is 0 Å². The summed E-state index contributed by atoms with van der Waals surface area (Å²) in [6.45, 7) is 0.331.